The summed E-state index contributed by atoms with van der Waals surface area (Å²) in [5.41, 5.74) is 0. The highest BCUT2D eigenvalue weighted by atomic mass is 16.5. The third-order valence-electron chi connectivity index (χ3n) is 5.20. The SMILES string of the molecule is CC(C)CCOCCNC1C2C3CCC(C3)C12. The lowest BCUT2D eigenvalue weighted by Crippen LogP contribution is -2.27. The van der Waals surface area contributed by atoms with E-state index in [-0.39, 0.29) is 0 Å². The molecule has 4 unspecified atom stereocenters. The minimum atomic E-state index is 0.765. The number of rotatable bonds is 7. The lowest BCUT2D eigenvalue weighted by atomic mass is 10.0. The van der Waals surface area contributed by atoms with Crippen LogP contribution in [-0.2, 0) is 4.74 Å². The smallest absolute Gasteiger partial charge is 0.0591 e. The second-order valence-corrected chi connectivity index (χ2v) is 6.76. The van der Waals surface area contributed by atoms with Gasteiger partial charge in [-0.1, -0.05) is 13.8 Å². The quantitative estimate of drug-likeness (QED) is 0.687. The first-order valence-corrected chi connectivity index (χ1v) is 7.58. The van der Waals surface area contributed by atoms with Crippen LogP contribution in [0.15, 0.2) is 0 Å². The summed E-state index contributed by atoms with van der Waals surface area (Å²) in [6.07, 6.45) is 5.79. The molecule has 4 atom stereocenters. The minimum Gasteiger partial charge on any atom is -0.380 e. The highest BCUT2D eigenvalue weighted by Crippen LogP contribution is 2.65. The molecule has 2 bridgehead atoms. The van der Waals surface area contributed by atoms with Crippen molar-refractivity contribution in [2.24, 2.45) is 29.6 Å². The molecule has 3 saturated carbocycles. The summed E-state index contributed by atoms with van der Waals surface area (Å²) < 4.78 is 5.65. The Hall–Kier alpha value is -0.0800. The Kier molecular flexibility index (Phi) is 3.45. The summed E-state index contributed by atoms with van der Waals surface area (Å²) in [5.74, 6) is 5.06. The minimum absolute atomic E-state index is 0.765. The summed E-state index contributed by atoms with van der Waals surface area (Å²) in [5, 5.41) is 3.72. The Balaban J connectivity index is 1.25. The lowest BCUT2D eigenvalue weighted by molar-refractivity contribution is 0.124. The molecule has 3 aliphatic carbocycles. The summed E-state index contributed by atoms with van der Waals surface area (Å²) in [6.45, 7) is 7.40. The number of hydrogen-bond donors (Lipinski definition) is 1. The van der Waals surface area contributed by atoms with Crippen LogP contribution in [0.3, 0.4) is 0 Å². The first kappa shape index (κ1) is 12.0. The number of ether oxygens (including phenoxy) is 1. The molecule has 0 aromatic carbocycles. The van der Waals surface area contributed by atoms with E-state index in [0.29, 0.717) is 0 Å². The zero-order chi connectivity index (χ0) is 11.8. The van der Waals surface area contributed by atoms with Crippen LogP contribution >= 0.6 is 0 Å². The number of nitrogens with one attached hydrogen (secondary N) is 1. The second kappa shape index (κ2) is 4.89. The molecule has 17 heavy (non-hydrogen) atoms. The van der Waals surface area contributed by atoms with Gasteiger partial charge in [0.15, 0.2) is 0 Å². The van der Waals surface area contributed by atoms with E-state index in [4.69, 9.17) is 4.74 Å². The van der Waals surface area contributed by atoms with Crippen molar-refractivity contribution in [1.82, 2.24) is 5.32 Å². The van der Waals surface area contributed by atoms with E-state index < -0.39 is 0 Å². The largest absolute Gasteiger partial charge is 0.380 e. The molecule has 0 aromatic heterocycles. The Morgan fingerprint density at radius 1 is 1.12 bits per heavy atom. The van der Waals surface area contributed by atoms with E-state index in [1.807, 2.05) is 0 Å². The van der Waals surface area contributed by atoms with Gasteiger partial charge in [-0.15, -0.1) is 0 Å². The van der Waals surface area contributed by atoms with Crippen molar-refractivity contribution in [2.75, 3.05) is 19.8 Å². The van der Waals surface area contributed by atoms with Crippen LogP contribution < -0.4 is 5.32 Å². The highest BCUT2D eigenvalue weighted by molar-refractivity contribution is 5.16. The Morgan fingerprint density at radius 2 is 1.82 bits per heavy atom. The summed E-state index contributed by atoms with van der Waals surface area (Å²) in [7, 11) is 0. The summed E-state index contributed by atoms with van der Waals surface area (Å²) in [6, 6.07) is 0.870. The fraction of sp³-hybridized carbons (Fsp3) is 1.00. The van der Waals surface area contributed by atoms with Crippen LogP contribution in [0.25, 0.3) is 0 Å². The molecule has 1 N–H and O–H groups in total. The van der Waals surface area contributed by atoms with Gasteiger partial charge in [-0.2, -0.15) is 0 Å². The van der Waals surface area contributed by atoms with Crippen molar-refractivity contribution in [1.29, 1.82) is 0 Å². The average molecular weight is 237 g/mol. The van der Waals surface area contributed by atoms with E-state index in [2.05, 4.69) is 19.2 Å². The van der Waals surface area contributed by atoms with Gasteiger partial charge >= 0.3 is 0 Å². The molecule has 0 spiro atoms. The lowest BCUT2D eigenvalue weighted by Gasteiger charge is -2.11. The summed E-state index contributed by atoms with van der Waals surface area (Å²) >= 11 is 0. The molecule has 3 rings (SSSR count). The zero-order valence-corrected chi connectivity index (χ0v) is 11.3. The van der Waals surface area contributed by atoms with Crippen LogP contribution in [0.5, 0.6) is 0 Å². The van der Waals surface area contributed by atoms with E-state index in [1.54, 1.807) is 6.42 Å². The van der Waals surface area contributed by atoms with Crippen LogP contribution in [0.1, 0.15) is 39.5 Å². The molecule has 2 nitrogen and oxygen atoms in total. The first-order valence-electron chi connectivity index (χ1n) is 7.58. The molecule has 98 valence electrons. The van der Waals surface area contributed by atoms with E-state index in [0.717, 1.165) is 55.4 Å². The molecule has 0 aliphatic heterocycles. The maximum atomic E-state index is 5.65. The number of fused-ring (bicyclic) bond motifs is 5. The van der Waals surface area contributed by atoms with Crippen LogP contribution in [0.4, 0.5) is 0 Å². The third-order valence-corrected chi connectivity index (χ3v) is 5.20. The second-order valence-electron chi connectivity index (χ2n) is 6.76. The van der Waals surface area contributed by atoms with Gasteiger partial charge in [0.1, 0.15) is 0 Å². The Labute approximate surface area is 105 Å². The van der Waals surface area contributed by atoms with E-state index in [1.165, 1.54) is 19.3 Å². The molecular formula is C15H27NO. The van der Waals surface area contributed by atoms with Crippen LogP contribution in [0, 0.1) is 29.6 Å². The van der Waals surface area contributed by atoms with Crippen molar-refractivity contribution >= 4 is 0 Å². The van der Waals surface area contributed by atoms with Gasteiger partial charge in [0.05, 0.1) is 6.61 Å². The first-order chi connectivity index (χ1) is 8.27. The monoisotopic (exact) mass is 237 g/mol. The highest BCUT2D eigenvalue weighted by Gasteiger charge is 2.64. The zero-order valence-electron chi connectivity index (χ0n) is 11.3. The van der Waals surface area contributed by atoms with Gasteiger partial charge in [-0.3, -0.25) is 0 Å². The van der Waals surface area contributed by atoms with Gasteiger partial charge in [0, 0.05) is 19.2 Å². The molecule has 3 aliphatic rings. The predicted molar refractivity (Wildman–Crippen MR) is 69.9 cm³/mol. The Bertz CT molecular complexity index is 250. The third kappa shape index (κ3) is 2.39. The fourth-order valence-corrected chi connectivity index (χ4v) is 4.32. The van der Waals surface area contributed by atoms with Crippen molar-refractivity contribution in [3.63, 3.8) is 0 Å². The van der Waals surface area contributed by atoms with Crippen LogP contribution in [0.2, 0.25) is 0 Å². The molecule has 0 radical (unpaired) electrons. The van der Waals surface area contributed by atoms with Crippen molar-refractivity contribution in [2.45, 2.75) is 45.6 Å². The van der Waals surface area contributed by atoms with Crippen molar-refractivity contribution in [3.05, 3.63) is 0 Å². The molecule has 0 saturated heterocycles. The van der Waals surface area contributed by atoms with Crippen molar-refractivity contribution < 1.29 is 4.74 Å². The van der Waals surface area contributed by atoms with Gasteiger partial charge in [0.25, 0.3) is 0 Å². The normalized spacial score (nSPS) is 42.2. The van der Waals surface area contributed by atoms with Gasteiger partial charge < -0.3 is 10.1 Å². The van der Waals surface area contributed by atoms with Gasteiger partial charge in [-0.25, -0.2) is 0 Å². The molecule has 0 amide bonds. The van der Waals surface area contributed by atoms with Crippen LogP contribution in [-0.4, -0.2) is 25.8 Å². The molecule has 2 heteroatoms. The molecule has 3 fully saturated rings. The maximum Gasteiger partial charge on any atom is 0.0591 e. The molecular weight excluding hydrogens is 210 g/mol. The molecule has 0 heterocycles. The van der Waals surface area contributed by atoms with Gasteiger partial charge in [-0.05, 0) is 55.3 Å². The number of hydrogen-bond acceptors (Lipinski definition) is 2. The molecule has 0 aromatic rings. The average Bonchev–Trinajstić information content (AvgIpc) is 2.70. The predicted octanol–water partition coefficient (Wildman–Crippen LogP) is 2.68. The van der Waals surface area contributed by atoms with Crippen molar-refractivity contribution in [3.8, 4) is 0 Å². The summed E-state index contributed by atoms with van der Waals surface area (Å²) in [4.78, 5) is 0. The standard InChI is InChI=1S/C15H27NO/c1-10(2)5-7-17-8-6-16-15-13-11-3-4-12(9-11)14(13)15/h10-16H,3-9H2,1-2H3. The fourth-order valence-electron chi connectivity index (χ4n) is 4.32. The Morgan fingerprint density at radius 3 is 2.47 bits per heavy atom. The maximum absolute atomic E-state index is 5.65. The van der Waals surface area contributed by atoms with E-state index in [9.17, 15) is 0 Å². The van der Waals surface area contributed by atoms with E-state index >= 15 is 0 Å². The van der Waals surface area contributed by atoms with Gasteiger partial charge in [0.2, 0.25) is 0 Å². The topological polar surface area (TPSA) is 21.3 Å².